The molecular weight excluding hydrogens is 518 g/mol. The molecule has 5 rings (SSSR count). The maximum absolute atomic E-state index is 13.8. The molecule has 0 aliphatic carbocycles. The number of urea groups is 1. The van der Waals surface area contributed by atoms with Crippen LogP contribution in [-0.4, -0.2) is 50.3 Å². The quantitative estimate of drug-likeness (QED) is 0.372. The molecule has 1 aliphatic heterocycles. The van der Waals surface area contributed by atoms with Crippen molar-refractivity contribution in [3.8, 4) is 5.69 Å². The zero-order valence-corrected chi connectivity index (χ0v) is 21.8. The third-order valence-electron chi connectivity index (χ3n) is 6.71. The van der Waals surface area contributed by atoms with Crippen LogP contribution in [0.2, 0.25) is 5.02 Å². The monoisotopic (exact) mass is 543 g/mol. The Morgan fingerprint density at radius 2 is 1.77 bits per heavy atom. The van der Waals surface area contributed by atoms with Crippen LogP contribution in [0, 0.1) is 0 Å². The molecular formula is C29H26ClN5O4. The molecule has 0 fully saturated rings. The zero-order valence-electron chi connectivity index (χ0n) is 21.1. The Balaban J connectivity index is 1.42. The fraction of sp³-hybridized carbons (Fsp3) is 0.172. The van der Waals surface area contributed by atoms with Gasteiger partial charge >= 0.3 is 12.0 Å². The van der Waals surface area contributed by atoms with E-state index in [9.17, 15) is 19.5 Å². The summed E-state index contributed by atoms with van der Waals surface area (Å²) in [5.74, 6) is -1.47. The highest BCUT2D eigenvalue weighted by Crippen LogP contribution is 2.31. The normalized spacial score (nSPS) is 15.7. The van der Waals surface area contributed by atoms with Crippen LogP contribution in [0.3, 0.4) is 0 Å². The Labute approximate surface area is 230 Å². The average molecular weight is 544 g/mol. The third-order valence-corrected chi connectivity index (χ3v) is 7.02. The number of carbonyl (C=O) groups excluding carboxylic acids is 2. The maximum atomic E-state index is 13.8. The van der Waals surface area contributed by atoms with Gasteiger partial charge in [-0.05, 0) is 48.4 Å². The van der Waals surface area contributed by atoms with E-state index in [0.29, 0.717) is 16.8 Å². The second-order valence-electron chi connectivity index (χ2n) is 9.27. The Morgan fingerprint density at radius 1 is 1.03 bits per heavy atom. The number of carboxylic acid groups (broad SMARTS) is 1. The van der Waals surface area contributed by atoms with Crippen molar-refractivity contribution in [3.63, 3.8) is 0 Å². The van der Waals surface area contributed by atoms with Crippen LogP contribution in [0.5, 0.6) is 0 Å². The van der Waals surface area contributed by atoms with Gasteiger partial charge in [0.1, 0.15) is 0 Å². The average Bonchev–Trinajstić information content (AvgIpc) is 3.43. The molecule has 0 saturated carbocycles. The molecule has 1 aromatic heterocycles. The number of hydrogen-bond acceptors (Lipinski definition) is 4. The predicted octanol–water partition coefficient (Wildman–Crippen LogP) is 4.91. The van der Waals surface area contributed by atoms with Crippen molar-refractivity contribution in [3.05, 3.63) is 113 Å². The molecule has 3 aromatic carbocycles. The van der Waals surface area contributed by atoms with E-state index in [1.54, 1.807) is 81.5 Å². The third kappa shape index (κ3) is 5.35. The fourth-order valence-electron chi connectivity index (χ4n) is 4.70. The largest absolute Gasteiger partial charge is 0.479 e. The topological polar surface area (TPSA) is 108 Å². The van der Waals surface area contributed by atoms with E-state index in [2.05, 4.69) is 10.4 Å². The second kappa shape index (κ2) is 11.0. The van der Waals surface area contributed by atoms with Crippen LogP contribution in [0.4, 0.5) is 10.5 Å². The van der Waals surface area contributed by atoms with Gasteiger partial charge < -0.3 is 20.2 Å². The van der Waals surface area contributed by atoms with Gasteiger partial charge in [-0.2, -0.15) is 5.10 Å². The first-order valence-corrected chi connectivity index (χ1v) is 12.8. The van der Waals surface area contributed by atoms with E-state index in [1.165, 1.54) is 0 Å². The molecule has 3 amide bonds. The molecule has 1 unspecified atom stereocenters. The van der Waals surface area contributed by atoms with Crippen LogP contribution in [0.1, 0.15) is 34.5 Å². The van der Waals surface area contributed by atoms with E-state index in [4.69, 9.17) is 11.6 Å². The van der Waals surface area contributed by atoms with Crippen LogP contribution in [-0.2, 0) is 11.3 Å². The molecule has 1 aliphatic rings. The fourth-order valence-corrected chi connectivity index (χ4v) is 4.95. The molecule has 2 heterocycles. The number of amides is 3. The van der Waals surface area contributed by atoms with Crippen molar-refractivity contribution in [2.75, 3.05) is 11.4 Å². The number of carbonyl (C=O) groups is 3. The Bertz CT molecular complexity index is 1510. The molecule has 9 nitrogen and oxygen atoms in total. The molecule has 0 bridgehead atoms. The van der Waals surface area contributed by atoms with E-state index < -0.39 is 24.1 Å². The molecule has 198 valence electrons. The SMILES string of the molecule is C[C@@H]1CN(C(=O)c2ccc(-n3cccn3)cc2Cl)c2ccccc2CN1C(=O)NC(C(=O)O)c1ccccc1. The number of para-hydroxylation sites is 1. The van der Waals surface area contributed by atoms with E-state index in [-0.39, 0.29) is 24.0 Å². The van der Waals surface area contributed by atoms with Gasteiger partial charge in [0.05, 0.1) is 16.3 Å². The van der Waals surface area contributed by atoms with E-state index >= 15 is 0 Å². The summed E-state index contributed by atoms with van der Waals surface area (Å²) in [4.78, 5) is 42.4. The number of aliphatic carboxylic acids is 1. The minimum atomic E-state index is -1.21. The minimum absolute atomic E-state index is 0.184. The van der Waals surface area contributed by atoms with Crippen LogP contribution < -0.4 is 10.2 Å². The summed E-state index contributed by atoms with van der Waals surface area (Å²) in [5.41, 5.74) is 2.92. The Morgan fingerprint density at radius 3 is 2.46 bits per heavy atom. The number of nitrogens with zero attached hydrogens (tertiary/aromatic N) is 4. The molecule has 2 atom stereocenters. The van der Waals surface area contributed by atoms with Crippen LogP contribution >= 0.6 is 11.6 Å². The lowest BCUT2D eigenvalue weighted by molar-refractivity contribution is -0.139. The Hall–Kier alpha value is -4.63. The van der Waals surface area contributed by atoms with Crippen molar-refractivity contribution in [2.45, 2.75) is 25.6 Å². The summed E-state index contributed by atoms with van der Waals surface area (Å²) >= 11 is 6.57. The van der Waals surface area contributed by atoms with Gasteiger partial charge in [0, 0.05) is 37.2 Å². The molecule has 0 spiro atoms. The first-order valence-electron chi connectivity index (χ1n) is 12.4. The van der Waals surface area contributed by atoms with E-state index in [1.807, 2.05) is 31.2 Å². The van der Waals surface area contributed by atoms with Crippen molar-refractivity contribution >= 4 is 35.2 Å². The lowest BCUT2D eigenvalue weighted by atomic mass is 10.1. The van der Waals surface area contributed by atoms with Crippen LogP contribution in [0.15, 0.2) is 91.3 Å². The number of nitrogens with one attached hydrogen (secondary N) is 1. The standard InChI is InChI=1S/C29H26ClN5O4/c1-19-17-34(27(36)23-13-12-22(16-24(23)30)35-15-7-14-31-35)25-11-6-5-10-21(25)18-33(19)29(39)32-26(28(37)38)20-8-3-2-4-9-20/h2-16,19,26H,17-18H2,1H3,(H,32,39)(H,37,38)/t19-,26?/m1/s1. The highest BCUT2D eigenvalue weighted by atomic mass is 35.5. The van der Waals surface area contributed by atoms with Gasteiger partial charge in [-0.3, -0.25) is 4.79 Å². The smallest absolute Gasteiger partial charge is 0.330 e. The number of benzene rings is 3. The number of fused-ring (bicyclic) bond motifs is 1. The number of anilines is 1. The number of carboxylic acids is 1. The summed E-state index contributed by atoms with van der Waals surface area (Å²) < 4.78 is 1.65. The predicted molar refractivity (Wildman–Crippen MR) is 147 cm³/mol. The van der Waals surface area contributed by atoms with Gasteiger partial charge in [0.2, 0.25) is 0 Å². The van der Waals surface area contributed by atoms with Crippen molar-refractivity contribution in [1.82, 2.24) is 20.0 Å². The van der Waals surface area contributed by atoms with E-state index in [0.717, 1.165) is 11.3 Å². The van der Waals surface area contributed by atoms with Gasteiger partial charge in [0.15, 0.2) is 6.04 Å². The summed E-state index contributed by atoms with van der Waals surface area (Å²) in [6.45, 7) is 2.20. The molecule has 10 heteroatoms. The highest BCUT2D eigenvalue weighted by molar-refractivity contribution is 6.34. The van der Waals surface area contributed by atoms with Crippen LogP contribution in [0.25, 0.3) is 5.69 Å². The maximum Gasteiger partial charge on any atom is 0.330 e. The highest BCUT2D eigenvalue weighted by Gasteiger charge is 2.34. The first kappa shape index (κ1) is 26.0. The number of hydrogen-bond donors (Lipinski definition) is 2. The number of aromatic nitrogens is 2. The molecule has 0 radical (unpaired) electrons. The van der Waals surface area contributed by atoms with Gasteiger partial charge in [-0.1, -0.05) is 60.1 Å². The number of halogens is 1. The molecule has 4 aromatic rings. The summed E-state index contributed by atoms with van der Waals surface area (Å²) in [6, 6.07) is 20.6. The first-order chi connectivity index (χ1) is 18.8. The molecule has 39 heavy (non-hydrogen) atoms. The number of rotatable bonds is 5. The van der Waals surface area contributed by atoms with Gasteiger partial charge in [-0.25, -0.2) is 14.3 Å². The lowest BCUT2D eigenvalue weighted by Gasteiger charge is -2.30. The molecule has 0 saturated heterocycles. The minimum Gasteiger partial charge on any atom is -0.479 e. The van der Waals surface area contributed by atoms with Gasteiger partial charge in [0.25, 0.3) is 5.91 Å². The summed E-state index contributed by atoms with van der Waals surface area (Å²) in [5, 5.41) is 16.9. The van der Waals surface area contributed by atoms with Crippen molar-refractivity contribution in [2.24, 2.45) is 0 Å². The summed E-state index contributed by atoms with van der Waals surface area (Å²) in [7, 11) is 0. The lowest BCUT2D eigenvalue weighted by Crippen LogP contribution is -2.49. The summed E-state index contributed by atoms with van der Waals surface area (Å²) in [6.07, 6.45) is 3.44. The second-order valence-corrected chi connectivity index (χ2v) is 9.67. The van der Waals surface area contributed by atoms with Gasteiger partial charge in [-0.15, -0.1) is 0 Å². The van der Waals surface area contributed by atoms with Crippen molar-refractivity contribution in [1.29, 1.82) is 0 Å². The van der Waals surface area contributed by atoms with Crippen molar-refractivity contribution < 1.29 is 19.5 Å². The zero-order chi connectivity index (χ0) is 27.5. The Kier molecular flexibility index (Phi) is 7.33. The molecule has 2 N–H and O–H groups in total.